The molecule has 1 heterocycles. The van der Waals surface area contributed by atoms with Crippen LogP contribution in [-0.2, 0) is 0 Å². The van der Waals surface area contributed by atoms with Gasteiger partial charge in [-0.1, -0.05) is 60.7 Å². The van der Waals surface area contributed by atoms with Crippen LogP contribution in [0.2, 0.25) is 0 Å². The molecular weight excluding hydrogens is 310 g/mol. The fraction of sp³-hybridized carbons (Fsp3) is 0.381. The molecular formula is C21H25N3O. The van der Waals surface area contributed by atoms with Gasteiger partial charge in [0.25, 0.3) is 0 Å². The minimum atomic E-state index is 0.109. The number of nitrogens with one attached hydrogen (secondary N) is 1. The van der Waals surface area contributed by atoms with Crippen LogP contribution in [-0.4, -0.2) is 48.1 Å². The highest BCUT2D eigenvalue weighted by molar-refractivity contribution is 5.75. The van der Waals surface area contributed by atoms with E-state index in [0.29, 0.717) is 6.04 Å². The van der Waals surface area contributed by atoms with Gasteiger partial charge in [-0.3, -0.25) is 4.90 Å². The summed E-state index contributed by atoms with van der Waals surface area (Å²) in [5.74, 6) is 0. The number of piperazine rings is 1. The monoisotopic (exact) mass is 335 g/mol. The summed E-state index contributed by atoms with van der Waals surface area (Å²) in [7, 11) is 0. The molecule has 1 saturated carbocycles. The first-order valence-corrected chi connectivity index (χ1v) is 9.20. The molecule has 2 aliphatic rings. The van der Waals surface area contributed by atoms with Crippen molar-refractivity contribution in [1.29, 1.82) is 0 Å². The van der Waals surface area contributed by atoms with E-state index in [0.717, 1.165) is 39.0 Å². The topological polar surface area (TPSA) is 35.6 Å². The van der Waals surface area contributed by atoms with Gasteiger partial charge >= 0.3 is 6.03 Å². The van der Waals surface area contributed by atoms with Crippen LogP contribution in [0.1, 0.15) is 30.0 Å². The molecule has 4 rings (SSSR count). The second kappa shape index (κ2) is 7.28. The summed E-state index contributed by atoms with van der Waals surface area (Å²) >= 11 is 0. The molecule has 25 heavy (non-hydrogen) atoms. The number of nitrogens with zero attached hydrogens (tertiary/aromatic N) is 2. The van der Waals surface area contributed by atoms with Crippen LogP contribution in [0.3, 0.4) is 0 Å². The molecule has 4 nitrogen and oxygen atoms in total. The van der Waals surface area contributed by atoms with Crippen LogP contribution < -0.4 is 5.32 Å². The van der Waals surface area contributed by atoms with Crippen molar-refractivity contribution in [3.63, 3.8) is 0 Å². The van der Waals surface area contributed by atoms with Crippen molar-refractivity contribution in [3.05, 3.63) is 71.8 Å². The zero-order chi connectivity index (χ0) is 17.1. The first-order chi connectivity index (χ1) is 12.3. The lowest BCUT2D eigenvalue weighted by atomic mass is 9.96. The van der Waals surface area contributed by atoms with E-state index in [-0.39, 0.29) is 12.1 Å². The Hall–Kier alpha value is -2.33. The number of benzene rings is 2. The Balaban J connectivity index is 1.48. The maximum Gasteiger partial charge on any atom is 0.317 e. The van der Waals surface area contributed by atoms with Crippen LogP contribution in [0.25, 0.3) is 0 Å². The molecule has 2 fully saturated rings. The summed E-state index contributed by atoms with van der Waals surface area (Å²) < 4.78 is 0. The Morgan fingerprint density at radius 2 is 1.36 bits per heavy atom. The van der Waals surface area contributed by atoms with E-state index < -0.39 is 0 Å². The molecule has 4 heteroatoms. The molecule has 1 aliphatic heterocycles. The lowest BCUT2D eigenvalue weighted by Gasteiger charge is -2.39. The second-order valence-corrected chi connectivity index (χ2v) is 6.97. The molecule has 2 amide bonds. The number of amides is 2. The summed E-state index contributed by atoms with van der Waals surface area (Å²) in [6, 6.07) is 22.1. The Kier molecular flexibility index (Phi) is 4.70. The SMILES string of the molecule is O=C(NC1CC1)N1CCN(C(c2ccccc2)c2ccccc2)CC1. The second-order valence-electron chi connectivity index (χ2n) is 6.97. The molecule has 0 aromatic heterocycles. The standard InChI is InChI=1S/C21H25N3O/c25-21(22-19-11-12-19)24-15-13-23(14-16-24)20(17-7-3-1-4-8-17)18-9-5-2-6-10-18/h1-10,19-20H,11-16H2,(H,22,25). The summed E-state index contributed by atoms with van der Waals surface area (Å²) in [6.45, 7) is 3.36. The number of hydrogen-bond donors (Lipinski definition) is 1. The maximum atomic E-state index is 12.3. The number of carbonyl (C=O) groups excluding carboxylic acids is 1. The molecule has 1 saturated heterocycles. The van der Waals surface area contributed by atoms with Gasteiger partial charge < -0.3 is 10.2 Å². The van der Waals surface area contributed by atoms with Crippen LogP contribution in [0.5, 0.6) is 0 Å². The molecule has 0 atom stereocenters. The van der Waals surface area contributed by atoms with E-state index in [1.807, 2.05) is 4.90 Å². The lowest BCUT2D eigenvalue weighted by molar-refractivity contribution is 0.120. The van der Waals surface area contributed by atoms with Crippen LogP contribution in [0.4, 0.5) is 4.79 Å². The zero-order valence-electron chi connectivity index (χ0n) is 14.5. The molecule has 0 radical (unpaired) electrons. The summed E-state index contributed by atoms with van der Waals surface area (Å²) in [5.41, 5.74) is 2.62. The third-order valence-corrected chi connectivity index (χ3v) is 5.10. The Bertz CT molecular complexity index is 652. The molecule has 0 unspecified atom stereocenters. The largest absolute Gasteiger partial charge is 0.335 e. The van der Waals surface area contributed by atoms with E-state index in [4.69, 9.17) is 0 Å². The molecule has 2 aromatic carbocycles. The van der Waals surface area contributed by atoms with E-state index in [1.54, 1.807) is 0 Å². The number of carbonyl (C=O) groups is 1. The van der Waals surface area contributed by atoms with Gasteiger partial charge in [0, 0.05) is 32.2 Å². The number of hydrogen-bond acceptors (Lipinski definition) is 2. The third kappa shape index (κ3) is 3.85. The van der Waals surface area contributed by atoms with Crippen molar-refractivity contribution in [2.24, 2.45) is 0 Å². The van der Waals surface area contributed by atoms with Crippen LogP contribution >= 0.6 is 0 Å². The summed E-state index contributed by atoms with van der Waals surface area (Å²) in [5, 5.41) is 3.10. The quantitative estimate of drug-likeness (QED) is 0.931. The average Bonchev–Trinajstić information content (AvgIpc) is 3.48. The highest BCUT2D eigenvalue weighted by atomic mass is 16.2. The number of rotatable bonds is 4. The van der Waals surface area contributed by atoms with Gasteiger partial charge in [-0.2, -0.15) is 0 Å². The van der Waals surface area contributed by atoms with Crippen molar-refractivity contribution in [3.8, 4) is 0 Å². The predicted molar refractivity (Wildman–Crippen MR) is 99.4 cm³/mol. The highest BCUT2D eigenvalue weighted by Gasteiger charge is 2.30. The van der Waals surface area contributed by atoms with E-state index in [9.17, 15) is 4.79 Å². The van der Waals surface area contributed by atoms with Gasteiger partial charge in [0.05, 0.1) is 6.04 Å². The first-order valence-electron chi connectivity index (χ1n) is 9.20. The Morgan fingerprint density at radius 3 is 1.84 bits per heavy atom. The van der Waals surface area contributed by atoms with Crippen LogP contribution in [0.15, 0.2) is 60.7 Å². The van der Waals surface area contributed by atoms with Crippen molar-refractivity contribution < 1.29 is 4.79 Å². The molecule has 0 bridgehead atoms. The van der Waals surface area contributed by atoms with E-state index >= 15 is 0 Å². The molecule has 0 spiro atoms. The van der Waals surface area contributed by atoms with Gasteiger partial charge in [-0.15, -0.1) is 0 Å². The highest BCUT2D eigenvalue weighted by Crippen LogP contribution is 2.29. The van der Waals surface area contributed by atoms with Crippen molar-refractivity contribution in [1.82, 2.24) is 15.1 Å². The Morgan fingerprint density at radius 1 is 0.840 bits per heavy atom. The third-order valence-electron chi connectivity index (χ3n) is 5.10. The molecule has 2 aromatic rings. The van der Waals surface area contributed by atoms with Gasteiger partial charge in [-0.05, 0) is 24.0 Å². The van der Waals surface area contributed by atoms with E-state index in [1.165, 1.54) is 11.1 Å². The summed E-state index contributed by atoms with van der Waals surface area (Å²) in [4.78, 5) is 16.7. The zero-order valence-corrected chi connectivity index (χ0v) is 14.5. The molecule has 130 valence electrons. The minimum Gasteiger partial charge on any atom is -0.335 e. The van der Waals surface area contributed by atoms with Crippen molar-refractivity contribution >= 4 is 6.03 Å². The predicted octanol–water partition coefficient (Wildman–Crippen LogP) is 3.27. The smallest absolute Gasteiger partial charge is 0.317 e. The van der Waals surface area contributed by atoms with E-state index in [2.05, 4.69) is 70.9 Å². The average molecular weight is 335 g/mol. The number of urea groups is 1. The fourth-order valence-corrected chi connectivity index (χ4v) is 3.56. The minimum absolute atomic E-state index is 0.109. The van der Waals surface area contributed by atoms with Gasteiger partial charge in [-0.25, -0.2) is 4.79 Å². The lowest BCUT2D eigenvalue weighted by Crippen LogP contribution is -2.52. The van der Waals surface area contributed by atoms with Gasteiger partial charge in [0.15, 0.2) is 0 Å². The van der Waals surface area contributed by atoms with Gasteiger partial charge in [0.2, 0.25) is 0 Å². The molecule has 1 N–H and O–H groups in total. The Labute approximate surface area is 149 Å². The summed E-state index contributed by atoms with van der Waals surface area (Å²) in [6.07, 6.45) is 2.27. The maximum absolute atomic E-state index is 12.3. The first kappa shape index (κ1) is 16.2. The van der Waals surface area contributed by atoms with Crippen LogP contribution in [0, 0.1) is 0 Å². The fourth-order valence-electron chi connectivity index (χ4n) is 3.56. The van der Waals surface area contributed by atoms with Gasteiger partial charge in [0.1, 0.15) is 0 Å². The van der Waals surface area contributed by atoms with Crippen molar-refractivity contribution in [2.45, 2.75) is 24.9 Å². The molecule has 1 aliphatic carbocycles. The van der Waals surface area contributed by atoms with Crippen molar-refractivity contribution in [2.75, 3.05) is 26.2 Å². The normalized spacial score (nSPS) is 18.4.